The molecule has 0 aromatic heterocycles. The van der Waals surface area contributed by atoms with Crippen LogP contribution in [0.1, 0.15) is 18.4 Å². The Morgan fingerprint density at radius 3 is 2.68 bits per heavy atom. The first kappa shape index (κ1) is 13.4. The smallest absolute Gasteiger partial charge is 0.122 e. The Labute approximate surface area is 123 Å². The van der Waals surface area contributed by atoms with Crippen molar-refractivity contribution in [3.05, 3.63) is 28.2 Å². The maximum atomic E-state index is 5.56. The molecule has 0 bridgehead atoms. The van der Waals surface area contributed by atoms with Crippen molar-refractivity contribution in [1.29, 1.82) is 0 Å². The highest BCUT2D eigenvalue weighted by Crippen LogP contribution is 2.52. The molecular weight excluding hydrogens is 304 g/mol. The van der Waals surface area contributed by atoms with Gasteiger partial charge in [-0.05, 0) is 31.0 Å². The normalized spacial score (nSPS) is 22.2. The van der Waals surface area contributed by atoms with Crippen LogP contribution in [0, 0.1) is 0 Å². The Morgan fingerprint density at radius 2 is 2.05 bits per heavy atom. The molecule has 1 aliphatic carbocycles. The van der Waals surface area contributed by atoms with Gasteiger partial charge in [-0.3, -0.25) is 4.90 Å². The molecule has 1 saturated heterocycles. The lowest BCUT2D eigenvalue weighted by atomic mass is 9.94. The van der Waals surface area contributed by atoms with E-state index < -0.39 is 0 Å². The summed E-state index contributed by atoms with van der Waals surface area (Å²) in [5.74, 6) is 1.04. The van der Waals surface area contributed by atoms with E-state index in [1.807, 2.05) is 0 Å². The quantitative estimate of drug-likeness (QED) is 0.920. The van der Waals surface area contributed by atoms with Crippen molar-refractivity contribution in [3.63, 3.8) is 0 Å². The average Bonchev–Trinajstić information content (AvgIpc) is 3.21. The molecule has 1 N–H and O–H groups in total. The molecule has 2 aliphatic rings. The van der Waals surface area contributed by atoms with E-state index >= 15 is 0 Å². The number of benzene rings is 1. The lowest BCUT2D eigenvalue weighted by Crippen LogP contribution is -2.46. The van der Waals surface area contributed by atoms with Crippen LogP contribution in [0.4, 0.5) is 0 Å². The van der Waals surface area contributed by atoms with Crippen molar-refractivity contribution >= 4 is 15.9 Å². The molecule has 0 unspecified atom stereocenters. The lowest BCUT2D eigenvalue weighted by Gasteiger charge is -2.31. The predicted molar refractivity (Wildman–Crippen MR) is 80.9 cm³/mol. The number of hydrogen-bond donors (Lipinski definition) is 1. The predicted octanol–water partition coefficient (Wildman–Crippen LogP) is 2.39. The van der Waals surface area contributed by atoms with Gasteiger partial charge < -0.3 is 10.1 Å². The van der Waals surface area contributed by atoms with Crippen LogP contribution in [0.5, 0.6) is 5.75 Å². The van der Waals surface area contributed by atoms with Crippen LogP contribution < -0.4 is 10.1 Å². The number of halogens is 1. The topological polar surface area (TPSA) is 24.5 Å². The summed E-state index contributed by atoms with van der Waals surface area (Å²) in [6.07, 6.45) is 2.56. The SMILES string of the molecule is COc1ccc(Br)cc1C1(CN2CCNCC2)CC1. The fraction of sp³-hybridized carbons (Fsp3) is 0.600. The van der Waals surface area contributed by atoms with Crippen molar-refractivity contribution in [3.8, 4) is 5.75 Å². The number of hydrogen-bond acceptors (Lipinski definition) is 3. The van der Waals surface area contributed by atoms with Crippen LogP contribution in [0.2, 0.25) is 0 Å². The molecule has 0 amide bonds. The fourth-order valence-corrected chi connectivity index (χ4v) is 3.42. The molecular formula is C15H21BrN2O. The summed E-state index contributed by atoms with van der Waals surface area (Å²) < 4.78 is 6.71. The van der Waals surface area contributed by atoms with Crippen LogP contribution >= 0.6 is 15.9 Å². The number of ether oxygens (including phenoxy) is 1. The van der Waals surface area contributed by atoms with Crippen LogP contribution in [0.25, 0.3) is 0 Å². The second-order valence-corrected chi connectivity index (χ2v) is 6.57. The Kier molecular flexibility index (Phi) is 3.83. The summed E-state index contributed by atoms with van der Waals surface area (Å²) in [6.45, 7) is 5.73. The van der Waals surface area contributed by atoms with Crippen LogP contribution in [-0.2, 0) is 5.41 Å². The second kappa shape index (κ2) is 5.43. The third-order valence-electron chi connectivity index (χ3n) is 4.32. The Hall–Kier alpha value is -0.580. The largest absolute Gasteiger partial charge is 0.496 e. The minimum Gasteiger partial charge on any atom is -0.496 e. The van der Waals surface area contributed by atoms with Gasteiger partial charge in [0.15, 0.2) is 0 Å². The zero-order valence-corrected chi connectivity index (χ0v) is 13.0. The third kappa shape index (κ3) is 2.81. The van der Waals surface area contributed by atoms with Gasteiger partial charge in [-0.25, -0.2) is 0 Å². The highest BCUT2D eigenvalue weighted by Gasteiger charge is 2.47. The summed E-state index contributed by atoms with van der Waals surface area (Å²) >= 11 is 3.59. The number of nitrogens with one attached hydrogen (secondary N) is 1. The van der Waals surface area contributed by atoms with Crippen molar-refractivity contribution in [2.24, 2.45) is 0 Å². The number of methoxy groups -OCH3 is 1. The van der Waals surface area contributed by atoms with E-state index in [1.54, 1.807) is 7.11 Å². The van der Waals surface area contributed by atoms with Crippen LogP contribution in [0.3, 0.4) is 0 Å². The van der Waals surface area contributed by atoms with Gasteiger partial charge in [-0.1, -0.05) is 15.9 Å². The maximum absolute atomic E-state index is 5.56. The van der Waals surface area contributed by atoms with Gasteiger partial charge >= 0.3 is 0 Å². The highest BCUT2D eigenvalue weighted by molar-refractivity contribution is 9.10. The van der Waals surface area contributed by atoms with Crippen molar-refractivity contribution < 1.29 is 4.74 Å². The van der Waals surface area contributed by atoms with Crippen LogP contribution in [0.15, 0.2) is 22.7 Å². The van der Waals surface area contributed by atoms with Gasteiger partial charge in [-0.15, -0.1) is 0 Å². The Bertz CT molecular complexity index is 453. The standard InChI is InChI=1S/C15H21BrN2O/c1-19-14-3-2-12(16)10-13(14)15(4-5-15)11-18-8-6-17-7-9-18/h2-3,10,17H,4-9,11H2,1H3. The molecule has 1 aromatic rings. The van der Waals surface area contributed by atoms with Gasteiger partial charge in [0.05, 0.1) is 7.11 Å². The lowest BCUT2D eigenvalue weighted by molar-refractivity contribution is 0.219. The van der Waals surface area contributed by atoms with Gasteiger partial charge in [0.2, 0.25) is 0 Å². The number of nitrogens with zero attached hydrogens (tertiary/aromatic N) is 1. The highest BCUT2D eigenvalue weighted by atomic mass is 79.9. The first-order valence-corrected chi connectivity index (χ1v) is 7.80. The van der Waals surface area contributed by atoms with Gasteiger partial charge in [0.1, 0.15) is 5.75 Å². The van der Waals surface area contributed by atoms with Gasteiger partial charge in [0.25, 0.3) is 0 Å². The Balaban J connectivity index is 1.81. The molecule has 4 heteroatoms. The van der Waals surface area contributed by atoms with E-state index in [4.69, 9.17) is 4.74 Å². The second-order valence-electron chi connectivity index (χ2n) is 5.65. The van der Waals surface area contributed by atoms with E-state index in [0.717, 1.165) is 36.4 Å². The molecule has 2 fully saturated rings. The summed E-state index contributed by atoms with van der Waals surface area (Å²) in [7, 11) is 1.77. The fourth-order valence-electron chi connectivity index (χ4n) is 3.06. The van der Waals surface area contributed by atoms with E-state index in [-0.39, 0.29) is 0 Å². The first-order valence-electron chi connectivity index (χ1n) is 7.01. The monoisotopic (exact) mass is 324 g/mol. The molecule has 1 aliphatic heterocycles. The Morgan fingerprint density at radius 1 is 1.32 bits per heavy atom. The van der Waals surface area contributed by atoms with E-state index in [1.165, 1.54) is 24.9 Å². The van der Waals surface area contributed by atoms with Crippen molar-refractivity contribution in [1.82, 2.24) is 10.2 Å². The van der Waals surface area contributed by atoms with Crippen molar-refractivity contribution in [2.45, 2.75) is 18.3 Å². The molecule has 1 saturated carbocycles. The minimum atomic E-state index is 0.326. The minimum absolute atomic E-state index is 0.326. The first-order chi connectivity index (χ1) is 9.23. The molecule has 0 atom stereocenters. The molecule has 1 aromatic carbocycles. The molecule has 0 radical (unpaired) electrons. The third-order valence-corrected chi connectivity index (χ3v) is 4.82. The van der Waals surface area contributed by atoms with Crippen LogP contribution in [-0.4, -0.2) is 44.7 Å². The number of piperazine rings is 1. The summed E-state index contributed by atoms with van der Waals surface area (Å²) in [5.41, 5.74) is 1.70. The summed E-state index contributed by atoms with van der Waals surface area (Å²) in [4.78, 5) is 2.59. The zero-order valence-electron chi connectivity index (χ0n) is 11.4. The molecule has 104 valence electrons. The van der Waals surface area contributed by atoms with Gasteiger partial charge in [-0.2, -0.15) is 0 Å². The van der Waals surface area contributed by atoms with Crippen molar-refractivity contribution in [2.75, 3.05) is 39.8 Å². The molecule has 3 rings (SSSR count). The number of rotatable bonds is 4. The van der Waals surface area contributed by atoms with E-state index in [9.17, 15) is 0 Å². The zero-order chi connectivity index (χ0) is 13.3. The molecule has 0 spiro atoms. The maximum Gasteiger partial charge on any atom is 0.122 e. The van der Waals surface area contributed by atoms with E-state index in [0.29, 0.717) is 5.41 Å². The average molecular weight is 325 g/mol. The van der Waals surface area contributed by atoms with E-state index in [2.05, 4.69) is 44.3 Å². The summed E-state index contributed by atoms with van der Waals surface area (Å²) in [6, 6.07) is 6.38. The molecule has 3 nitrogen and oxygen atoms in total. The molecule has 1 heterocycles. The summed E-state index contributed by atoms with van der Waals surface area (Å²) in [5, 5.41) is 3.42. The molecule has 19 heavy (non-hydrogen) atoms. The van der Waals surface area contributed by atoms with Gasteiger partial charge in [0, 0.05) is 48.2 Å².